The molecule has 1 atom stereocenters. The number of rotatable bonds is 5. The van der Waals surface area contributed by atoms with E-state index in [1.54, 1.807) is 12.1 Å². The Morgan fingerprint density at radius 3 is 2.77 bits per heavy atom. The van der Waals surface area contributed by atoms with Crippen LogP contribution in [0.1, 0.15) is 63.6 Å². The third-order valence-electron chi connectivity index (χ3n) is 6.71. The summed E-state index contributed by atoms with van der Waals surface area (Å²) >= 11 is 5.88. The number of halogens is 2. The van der Waals surface area contributed by atoms with Crippen LogP contribution in [0.5, 0.6) is 0 Å². The van der Waals surface area contributed by atoms with Crippen LogP contribution in [0.3, 0.4) is 0 Å². The summed E-state index contributed by atoms with van der Waals surface area (Å²) in [6.07, 6.45) is 5.92. The zero-order valence-electron chi connectivity index (χ0n) is 21.0. The summed E-state index contributed by atoms with van der Waals surface area (Å²) in [5, 5.41) is 3.49. The number of nitrogens with zero attached hydrogens (tertiary/aromatic N) is 2. The van der Waals surface area contributed by atoms with E-state index < -0.39 is 5.82 Å². The fourth-order valence-corrected chi connectivity index (χ4v) is 4.78. The van der Waals surface area contributed by atoms with E-state index in [1.807, 2.05) is 24.0 Å². The van der Waals surface area contributed by atoms with Crippen molar-refractivity contribution >= 4 is 28.6 Å². The zero-order valence-corrected chi connectivity index (χ0v) is 21.8. The quantitative estimate of drug-likeness (QED) is 0.396. The Bertz CT molecular complexity index is 1280. The van der Waals surface area contributed by atoms with Gasteiger partial charge in [0, 0.05) is 36.8 Å². The number of fused-ring (bicyclic) bond motifs is 1. The Kier molecular flexibility index (Phi) is 7.07. The first-order valence-electron chi connectivity index (χ1n) is 12.1. The van der Waals surface area contributed by atoms with Crippen LogP contribution in [-0.2, 0) is 5.41 Å². The molecule has 3 heterocycles. The molecule has 1 amide bonds. The molecular formula is C28H33ClFN3O2. The number of hydrogen-bond acceptors (Lipinski definition) is 4. The highest BCUT2D eigenvalue weighted by Gasteiger charge is 2.38. The summed E-state index contributed by atoms with van der Waals surface area (Å²) in [6, 6.07) is 8.28. The lowest BCUT2D eigenvalue weighted by atomic mass is 9.86. The summed E-state index contributed by atoms with van der Waals surface area (Å²) in [5.74, 6) is -0.356. The lowest BCUT2D eigenvalue weighted by Crippen LogP contribution is -2.61. The Hall–Kier alpha value is -2.70. The van der Waals surface area contributed by atoms with Crippen molar-refractivity contribution in [1.82, 2.24) is 15.2 Å². The van der Waals surface area contributed by atoms with E-state index in [4.69, 9.17) is 21.0 Å². The van der Waals surface area contributed by atoms with Crippen LogP contribution in [0.25, 0.3) is 22.4 Å². The number of benzene rings is 1. The molecule has 2 aromatic heterocycles. The molecule has 1 aliphatic rings. The number of piperazine rings is 1. The van der Waals surface area contributed by atoms with Gasteiger partial charge in [-0.05, 0) is 50.3 Å². The highest BCUT2D eigenvalue weighted by Crippen LogP contribution is 2.36. The standard InChI is InChI=1S/C28H33ClFN3O2/c1-6-7-8-11-28(5)17-31-12-13-33(28)26(34)24-16-23-25(35-24)19(27(2,3)4)15-22(32-23)18-9-10-20(29)21(30)14-18/h6-7,9-10,14-16,31H,8,11-13,17H2,1-5H3/b7-6-. The molecule has 1 unspecified atom stereocenters. The molecule has 0 saturated carbocycles. The van der Waals surface area contributed by atoms with E-state index in [0.29, 0.717) is 28.9 Å². The number of pyridine rings is 1. The van der Waals surface area contributed by atoms with Crippen LogP contribution in [-0.4, -0.2) is 41.0 Å². The van der Waals surface area contributed by atoms with Gasteiger partial charge in [0.1, 0.15) is 11.3 Å². The predicted molar refractivity (Wildman–Crippen MR) is 139 cm³/mol. The molecule has 1 fully saturated rings. The van der Waals surface area contributed by atoms with Gasteiger partial charge in [-0.2, -0.15) is 0 Å². The summed E-state index contributed by atoms with van der Waals surface area (Å²) < 4.78 is 20.4. The second-order valence-corrected chi connectivity index (χ2v) is 10.9. The minimum Gasteiger partial charge on any atom is -0.449 e. The molecule has 7 heteroatoms. The smallest absolute Gasteiger partial charge is 0.290 e. The molecule has 3 aromatic rings. The first-order chi connectivity index (χ1) is 16.5. The van der Waals surface area contributed by atoms with Gasteiger partial charge in [0.2, 0.25) is 0 Å². The van der Waals surface area contributed by atoms with E-state index in [2.05, 4.69) is 39.1 Å². The molecule has 0 spiro atoms. The van der Waals surface area contributed by atoms with Gasteiger partial charge in [-0.1, -0.05) is 50.6 Å². The number of aromatic nitrogens is 1. The van der Waals surface area contributed by atoms with Gasteiger partial charge in [-0.15, -0.1) is 0 Å². The van der Waals surface area contributed by atoms with Gasteiger partial charge in [0.15, 0.2) is 11.3 Å². The maximum absolute atomic E-state index is 14.2. The number of allylic oxidation sites excluding steroid dienone is 2. The normalized spacial score (nSPS) is 19.1. The first kappa shape index (κ1) is 25.4. The van der Waals surface area contributed by atoms with Crippen molar-refractivity contribution in [2.75, 3.05) is 19.6 Å². The van der Waals surface area contributed by atoms with Crippen LogP contribution in [0.15, 0.2) is 46.9 Å². The summed E-state index contributed by atoms with van der Waals surface area (Å²) in [6.45, 7) is 12.4. The van der Waals surface area contributed by atoms with Crippen molar-refractivity contribution in [2.45, 2.75) is 58.4 Å². The molecule has 5 nitrogen and oxygen atoms in total. The van der Waals surface area contributed by atoms with Gasteiger partial charge >= 0.3 is 0 Å². The molecule has 35 heavy (non-hydrogen) atoms. The maximum atomic E-state index is 14.2. The van der Waals surface area contributed by atoms with Crippen molar-refractivity contribution in [3.05, 3.63) is 64.6 Å². The largest absolute Gasteiger partial charge is 0.449 e. The molecule has 0 aliphatic carbocycles. The van der Waals surface area contributed by atoms with E-state index in [9.17, 15) is 9.18 Å². The van der Waals surface area contributed by atoms with E-state index in [-0.39, 0.29) is 27.6 Å². The highest BCUT2D eigenvalue weighted by molar-refractivity contribution is 6.30. The Balaban J connectivity index is 1.77. The number of hydrogen-bond donors (Lipinski definition) is 1. The van der Waals surface area contributed by atoms with Crippen LogP contribution >= 0.6 is 11.6 Å². The molecule has 1 aliphatic heterocycles. The maximum Gasteiger partial charge on any atom is 0.290 e. The summed E-state index contributed by atoms with van der Waals surface area (Å²) in [5.41, 5.74) is 2.70. The van der Waals surface area contributed by atoms with Crippen molar-refractivity contribution in [2.24, 2.45) is 0 Å². The van der Waals surface area contributed by atoms with Crippen LogP contribution in [0.2, 0.25) is 5.02 Å². The summed E-state index contributed by atoms with van der Waals surface area (Å²) in [7, 11) is 0. The lowest BCUT2D eigenvalue weighted by molar-refractivity contribution is 0.0374. The predicted octanol–water partition coefficient (Wildman–Crippen LogP) is 6.75. The average Bonchev–Trinajstić information content (AvgIpc) is 3.24. The molecule has 4 rings (SSSR count). The summed E-state index contributed by atoms with van der Waals surface area (Å²) in [4.78, 5) is 20.4. The van der Waals surface area contributed by atoms with Crippen molar-refractivity contribution in [3.8, 4) is 11.3 Å². The van der Waals surface area contributed by atoms with E-state index in [0.717, 1.165) is 31.5 Å². The zero-order chi connectivity index (χ0) is 25.4. The molecule has 1 saturated heterocycles. The fourth-order valence-electron chi connectivity index (χ4n) is 4.67. The van der Waals surface area contributed by atoms with Gasteiger partial charge < -0.3 is 14.6 Å². The second-order valence-electron chi connectivity index (χ2n) is 10.5. The van der Waals surface area contributed by atoms with Gasteiger partial charge in [0.05, 0.1) is 16.3 Å². The number of amides is 1. The van der Waals surface area contributed by atoms with E-state index in [1.165, 1.54) is 12.1 Å². The Morgan fingerprint density at radius 2 is 2.09 bits per heavy atom. The Morgan fingerprint density at radius 1 is 1.31 bits per heavy atom. The Labute approximate surface area is 211 Å². The van der Waals surface area contributed by atoms with Crippen molar-refractivity contribution < 1.29 is 13.6 Å². The van der Waals surface area contributed by atoms with Gasteiger partial charge in [0.25, 0.3) is 5.91 Å². The molecule has 186 valence electrons. The number of nitrogens with one attached hydrogen (secondary N) is 1. The van der Waals surface area contributed by atoms with Crippen molar-refractivity contribution in [1.29, 1.82) is 0 Å². The second kappa shape index (κ2) is 9.75. The van der Waals surface area contributed by atoms with Gasteiger partial charge in [-0.3, -0.25) is 4.79 Å². The number of carbonyl (C=O) groups is 1. The topological polar surface area (TPSA) is 58.4 Å². The number of carbonyl (C=O) groups excluding carboxylic acids is 1. The van der Waals surface area contributed by atoms with Crippen LogP contribution in [0.4, 0.5) is 4.39 Å². The lowest BCUT2D eigenvalue weighted by Gasteiger charge is -2.45. The molecule has 0 radical (unpaired) electrons. The minimum absolute atomic E-state index is 0.0653. The van der Waals surface area contributed by atoms with Gasteiger partial charge in [-0.25, -0.2) is 9.37 Å². The third-order valence-corrected chi connectivity index (χ3v) is 7.02. The van der Waals surface area contributed by atoms with Crippen LogP contribution in [0, 0.1) is 5.82 Å². The third kappa shape index (κ3) is 5.14. The van der Waals surface area contributed by atoms with E-state index >= 15 is 0 Å². The van der Waals surface area contributed by atoms with Crippen LogP contribution < -0.4 is 5.32 Å². The SMILES string of the molecule is C/C=C\CCC1(C)CNCCN1C(=O)c1cc2nc(-c3ccc(Cl)c(F)c3)cc(C(C)(C)C)c2o1. The first-order valence-corrected chi connectivity index (χ1v) is 12.5. The monoisotopic (exact) mass is 497 g/mol. The average molecular weight is 498 g/mol. The fraction of sp³-hybridized carbons (Fsp3) is 0.429. The number of furan rings is 1. The minimum atomic E-state index is -0.498. The molecule has 0 bridgehead atoms. The highest BCUT2D eigenvalue weighted by atomic mass is 35.5. The molecular weight excluding hydrogens is 465 g/mol. The van der Waals surface area contributed by atoms with Crippen molar-refractivity contribution in [3.63, 3.8) is 0 Å². The molecule has 1 N–H and O–H groups in total. The molecule has 1 aromatic carbocycles.